The summed E-state index contributed by atoms with van der Waals surface area (Å²) in [5.74, 6) is -0.0684. The van der Waals surface area contributed by atoms with Crippen LogP contribution in [0.25, 0.3) is 0 Å². The van der Waals surface area contributed by atoms with E-state index in [2.05, 4.69) is 27.0 Å². The molecule has 0 unspecified atom stereocenters. The van der Waals surface area contributed by atoms with E-state index in [1.54, 1.807) is 0 Å². The van der Waals surface area contributed by atoms with Crippen LogP contribution in [0.3, 0.4) is 0 Å². The van der Waals surface area contributed by atoms with Crippen LogP contribution in [-0.4, -0.2) is 73.0 Å². The van der Waals surface area contributed by atoms with Gasteiger partial charge in [0.2, 0.25) is 0 Å². The Hall–Kier alpha value is -1.02. The first-order valence-corrected chi connectivity index (χ1v) is 9.48. The lowest BCUT2D eigenvalue weighted by molar-refractivity contribution is 0.0947. The van der Waals surface area contributed by atoms with E-state index in [1.165, 1.54) is 37.5 Å². The third-order valence-electron chi connectivity index (χ3n) is 4.24. The molecule has 2 heterocycles. The lowest BCUT2D eigenvalue weighted by Gasteiger charge is -2.33. The second-order valence-electron chi connectivity index (χ2n) is 5.90. The molecule has 23 heavy (non-hydrogen) atoms. The summed E-state index contributed by atoms with van der Waals surface area (Å²) in [5.41, 5.74) is 6.02. The maximum absolute atomic E-state index is 12.0. The van der Waals surface area contributed by atoms with Crippen molar-refractivity contribution in [2.45, 2.75) is 26.2 Å². The molecule has 1 saturated heterocycles. The molecule has 3 N–H and O–H groups in total. The SMILES string of the molecule is CCN1CCN(CCCCNC(=O)c2csc(CCN)n2)CC1. The van der Waals surface area contributed by atoms with Crippen molar-refractivity contribution < 1.29 is 4.79 Å². The highest BCUT2D eigenvalue weighted by atomic mass is 32.1. The first-order valence-electron chi connectivity index (χ1n) is 8.60. The predicted octanol–water partition coefficient (Wildman–Crippen LogP) is 0.792. The number of rotatable bonds is 9. The van der Waals surface area contributed by atoms with E-state index in [4.69, 9.17) is 5.73 Å². The molecule has 7 heteroatoms. The molecule has 0 spiro atoms. The largest absolute Gasteiger partial charge is 0.351 e. The molecule has 0 bridgehead atoms. The van der Waals surface area contributed by atoms with E-state index in [0.717, 1.165) is 43.9 Å². The average Bonchev–Trinajstić information content (AvgIpc) is 3.04. The zero-order chi connectivity index (χ0) is 16.5. The Labute approximate surface area is 143 Å². The van der Waals surface area contributed by atoms with Gasteiger partial charge in [-0.3, -0.25) is 4.79 Å². The quantitative estimate of drug-likeness (QED) is 0.651. The third-order valence-corrected chi connectivity index (χ3v) is 5.15. The number of piperazine rings is 1. The normalized spacial score (nSPS) is 16.6. The Kier molecular flexibility index (Phi) is 7.94. The topological polar surface area (TPSA) is 74.5 Å². The van der Waals surface area contributed by atoms with E-state index >= 15 is 0 Å². The Balaban J connectivity index is 1.55. The highest BCUT2D eigenvalue weighted by molar-refractivity contribution is 7.09. The third kappa shape index (κ3) is 6.18. The summed E-state index contributed by atoms with van der Waals surface area (Å²) in [6.45, 7) is 10.5. The molecule has 0 saturated carbocycles. The van der Waals surface area contributed by atoms with Gasteiger partial charge in [0.05, 0.1) is 5.01 Å². The van der Waals surface area contributed by atoms with E-state index < -0.39 is 0 Å². The van der Waals surface area contributed by atoms with Gasteiger partial charge in [-0.1, -0.05) is 6.92 Å². The Morgan fingerprint density at radius 2 is 2.04 bits per heavy atom. The number of amides is 1. The van der Waals surface area contributed by atoms with Crippen molar-refractivity contribution in [2.24, 2.45) is 5.73 Å². The van der Waals surface area contributed by atoms with Crippen LogP contribution in [0.2, 0.25) is 0 Å². The van der Waals surface area contributed by atoms with E-state index in [9.17, 15) is 4.79 Å². The first kappa shape index (κ1) is 18.3. The number of nitrogens with two attached hydrogens (primary N) is 1. The van der Waals surface area contributed by atoms with Crippen molar-refractivity contribution in [1.82, 2.24) is 20.1 Å². The van der Waals surface area contributed by atoms with Gasteiger partial charge in [-0.2, -0.15) is 0 Å². The molecule has 0 radical (unpaired) electrons. The van der Waals surface area contributed by atoms with Gasteiger partial charge in [0.15, 0.2) is 0 Å². The molecule has 0 aromatic carbocycles. The van der Waals surface area contributed by atoms with Gasteiger partial charge in [0, 0.05) is 44.5 Å². The summed E-state index contributed by atoms with van der Waals surface area (Å²) < 4.78 is 0. The van der Waals surface area contributed by atoms with Crippen LogP contribution < -0.4 is 11.1 Å². The molecular formula is C16H29N5OS. The molecule has 1 fully saturated rings. The van der Waals surface area contributed by atoms with Gasteiger partial charge in [-0.25, -0.2) is 4.98 Å². The number of hydrogen-bond acceptors (Lipinski definition) is 6. The minimum Gasteiger partial charge on any atom is -0.351 e. The summed E-state index contributed by atoms with van der Waals surface area (Å²) in [6.07, 6.45) is 2.88. The maximum Gasteiger partial charge on any atom is 0.270 e. The van der Waals surface area contributed by atoms with Gasteiger partial charge in [-0.05, 0) is 32.5 Å². The second-order valence-corrected chi connectivity index (χ2v) is 6.85. The summed E-state index contributed by atoms with van der Waals surface area (Å²) in [6, 6.07) is 0. The summed E-state index contributed by atoms with van der Waals surface area (Å²) >= 11 is 1.50. The van der Waals surface area contributed by atoms with Crippen LogP contribution in [0.4, 0.5) is 0 Å². The number of unbranched alkanes of at least 4 members (excludes halogenated alkanes) is 1. The molecule has 1 aromatic heterocycles. The highest BCUT2D eigenvalue weighted by Crippen LogP contribution is 2.10. The van der Waals surface area contributed by atoms with Crippen molar-refractivity contribution in [3.63, 3.8) is 0 Å². The van der Waals surface area contributed by atoms with Crippen molar-refractivity contribution in [1.29, 1.82) is 0 Å². The fourth-order valence-corrected chi connectivity index (χ4v) is 3.53. The number of carbonyl (C=O) groups excluding carboxylic acids is 1. The molecule has 1 aliphatic rings. The summed E-state index contributed by atoms with van der Waals surface area (Å²) in [4.78, 5) is 21.3. The highest BCUT2D eigenvalue weighted by Gasteiger charge is 2.14. The van der Waals surface area contributed by atoms with Crippen LogP contribution >= 0.6 is 11.3 Å². The lowest BCUT2D eigenvalue weighted by atomic mass is 10.2. The maximum atomic E-state index is 12.0. The van der Waals surface area contributed by atoms with E-state index in [1.807, 2.05) is 5.38 Å². The molecule has 2 rings (SSSR count). The first-order chi connectivity index (χ1) is 11.2. The number of likely N-dealkylation sites (N-methyl/N-ethyl adjacent to an activating group) is 1. The van der Waals surface area contributed by atoms with Crippen molar-refractivity contribution in [2.75, 3.05) is 52.4 Å². The van der Waals surface area contributed by atoms with Crippen LogP contribution in [-0.2, 0) is 6.42 Å². The number of nitrogens with zero attached hydrogens (tertiary/aromatic N) is 3. The van der Waals surface area contributed by atoms with Crippen LogP contribution in [0.1, 0.15) is 35.3 Å². The standard InChI is InChI=1S/C16H29N5OS/c1-2-20-9-11-21(12-10-20)8-4-3-7-18-16(22)14-13-23-15(19-14)5-6-17/h13H,2-12,17H2,1H3,(H,18,22). The molecule has 1 amide bonds. The lowest BCUT2D eigenvalue weighted by Crippen LogP contribution is -2.46. The Morgan fingerprint density at radius 3 is 2.74 bits per heavy atom. The van der Waals surface area contributed by atoms with E-state index in [0.29, 0.717) is 12.2 Å². The van der Waals surface area contributed by atoms with Crippen LogP contribution in [0.5, 0.6) is 0 Å². The fourth-order valence-electron chi connectivity index (χ4n) is 2.74. The molecule has 1 aliphatic heterocycles. The fraction of sp³-hybridized carbons (Fsp3) is 0.750. The molecule has 6 nitrogen and oxygen atoms in total. The number of aromatic nitrogens is 1. The molecule has 0 aliphatic carbocycles. The zero-order valence-electron chi connectivity index (χ0n) is 14.1. The van der Waals surface area contributed by atoms with Gasteiger partial charge in [0.1, 0.15) is 5.69 Å². The van der Waals surface area contributed by atoms with Crippen LogP contribution in [0.15, 0.2) is 5.38 Å². The number of hydrogen-bond donors (Lipinski definition) is 2. The number of nitrogens with one attached hydrogen (secondary N) is 1. The van der Waals surface area contributed by atoms with Crippen molar-refractivity contribution >= 4 is 17.2 Å². The molecule has 0 atom stereocenters. The van der Waals surface area contributed by atoms with E-state index in [-0.39, 0.29) is 5.91 Å². The summed E-state index contributed by atoms with van der Waals surface area (Å²) in [7, 11) is 0. The van der Waals surface area contributed by atoms with Crippen LogP contribution in [0, 0.1) is 0 Å². The smallest absolute Gasteiger partial charge is 0.270 e. The van der Waals surface area contributed by atoms with Gasteiger partial charge in [-0.15, -0.1) is 11.3 Å². The average molecular weight is 340 g/mol. The molecule has 130 valence electrons. The zero-order valence-corrected chi connectivity index (χ0v) is 14.9. The summed E-state index contributed by atoms with van der Waals surface area (Å²) in [5, 5.41) is 5.70. The van der Waals surface area contributed by atoms with Gasteiger partial charge in [0.25, 0.3) is 5.91 Å². The minimum absolute atomic E-state index is 0.0684. The minimum atomic E-state index is -0.0684. The van der Waals surface area contributed by atoms with Crippen molar-refractivity contribution in [3.05, 3.63) is 16.1 Å². The number of thiazole rings is 1. The predicted molar refractivity (Wildman–Crippen MR) is 95.0 cm³/mol. The molecule has 1 aromatic rings. The Morgan fingerprint density at radius 1 is 1.30 bits per heavy atom. The number of carbonyl (C=O) groups is 1. The monoisotopic (exact) mass is 339 g/mol. The second kappa shape index (κ2) is 9.97. The van der Waals surface area contributed by atoms with Gasteiger partial charge < -0.3 is 20.9 Å². The Bertz CT molecular complexity index is 471. The van der Waals surface area contributed by atoms with Crippen molar-refractivity contribution in [3.8, 4) is 0 Å². The van der Waals surface area contributed by atoms with Gasteiger partial charge >= 0.3 is 0 Å². The molecular weight excluding hydrogens is 310 g/mol.